The van der Waals surface area contributed by atoms with Crippen LogP contribution in [-0.2, 0) is 28.6 Å². The second-order valence-electron chi connectivity index (χ2n) is 14.1. The number of quaternary nitrogens is 1. The van der Waals surface area contributed by atoms with E-state index in [1.807, 2.05) is 6.08 Å². The molecule has 0 fully saturated rings. The van der Waals surface area contributed by atoms with Gasteiger partial charge in [-0.3, -0.25) is 9.59 Å². The van der Waals surface area contributed by atoms with E-state index in [1.165, 1.54) is 19.3 Å². The Morgan fingerprint density at radius 2 is 1.11 bits per heavy atom. The van der Waals surface area contributed by atoms with E-state index in [0.29, 0.717) is 12.8 Å². The SMILES string of the molecule is CC/C=C\C/C=C\C/C=C\C/C=C\C/C=C\CC(=O)OC(COCCC(C(=O)[O-])[N+](C)(C)C)COC(=O)CCCCCCC/C=C\C/C=C\CCCC. The zero-order chi connectivity index (χ0) is 39.3. The molecule has 0 aromatic rings. The Labute approximate surface area is 323 Å². The predicted octanol–water partition coefficient (Wildman–Crippen LogP) is 9.24. The van der Waals surface area contributed by atoms with Crippen LogP contribution in [0.5, 0.6) is 0 Å². The standard InChI is InChI=1S/C45H73NO7/c1-6-8-10-12-14-16-18-20-22-24-26-28-30-32-34-36-44(48)53-41(39-51-38-37-42(45(49)50)46(3,4)5)40-52-43(47)35-33-31-29-27-25-23-21-19-17-15-13-11-9-7-2/h8,10,13-16,19-22,26,28,32,34,41-42H,6-7,9,11-12,17-18,23-25,27,29-31,33,35-40H2,1-5H3/b10-8-,15-13-,16-14-,21-19-,22-20-,28-26-,34-32-. The zero-order valence-electron chi connectivity index (χ0n) is 33.9. The van der Waals surface area contributed by atoms with Crippen molar-refractivity contribution in [2.24, 2.45) is 0 Å². The summed E-state index contributed by atoms with van der Waals surface area (Å²) in [5.41, 5.74) is 0. The lowest BCUT2D eigenvalue weighted by Crippen LogP contribution is -2.55. The van der Waals surface area contributed by atoms with Crippen LogP contribution < -0.4 is 5.11 Å². The van der Waals surface area contributed by atoms with Gasteiger partial charge in [-0.2, -0.15) is 0 Å². The molecule has 2 unspecified atom stereocenters. The number of carboxylic acid groups (broad SMARTS) is 1. The number of nitrogens with zero attached hydrogens (tertiary/aromatic N) is 1. The lowest BCUT2D eigenvalue weighted by molar-refractivity contribution is -0.889. The van der Waals surface area contributed by atoms with E-state index < -0.39 is 24.1 Å². The topological polar surface area (TPSA) is 102 Å². The molecule has 300 valence electrons. The van der Waals surface area contributed by atoms with Gasteiger partial charge in [0.1, 0.15) is 12.6 Å². The largest absolute Gasteiger partial charge is 0.544 e. The van der Waals surface area contributed by atoms with Crippen molar-refractivity contribution in [2.75, 3.05) is 41.0 Å². The number of esters is 2. The summed E-state index contributed by atoms with van der Waals surface area (Å²) in [7, 11) is 5.35. The van der Waals surface area contributed by atoms with Crippen molar-refractivity contribution in [3.63, 3.8) is 0 Å². The number of hydrogen-bond donors (Lipinski definition) is 0. The smallest absolute Gasteiger partial charge is 0.310 e. The summed E-state index contributed by atoms with van der Waals surface area (Å²) < 4.78 is 17.0. The summed E-state index contributed by atoms with van der Waals surface area (Å²) in [6.07, 6.45) is 44.9. The molecule has 0 spiro atoms. The minimum Gasteiger partial charge on any atom is -0.544 e. The predicted molar refractivity (Wildman–Crippen MR) is 217 cm³/mol. The fourth-order valence-corrected chi connectivity index (χ4v) is 5.16. The number of carboxylic acids is 1. The molecule has 0 saturated heterocycles. The fourth-order valence-electron chi connectivity index (χ4n) is 5.16. The van der Waals surface area contributed by atoms with Crippen LogP contribution in [0.25, 0.3) is 0 Å². The van der Waals surface area contributed by atoms with Crippen LogP contribution in [0.15, 0.2) is 85.1 Å². The highest BCUT2D eigenvalue weighted by molar-refractivity contribution is 5.71. The maximum atomic E-state index is 12.6. The van der Waals surface area contributed by atoms with Gasteiger partial charge in [-0.25, -0.2) is 0 Å². The van der Waals surface area contributed by atoms with Crippen LogP contribution in [0.1, 0.15) is 129 Å². The molecule has 0 aromatic carbocycles. The van der Waals surface area contributed by atoms with Crippen molar-refractivity contribution in [3.05, 3.63) is 85.1 Å². The first kappa shape index (κ1) is 49.5. The number of ether oxygens (including phenoxy) is 3. The summed E-state index contributed by atoms with van der Waals surface area (Å²) in [5, 5.41) is 11.6. The van der Waals surface area contributed by atoms with Gasteiger partial charge >= 0.3 is 11.9 Å². The molecule has 0 amide bonds. The van der Waals surface area contributed by atoms with Gasteiger partial charge < -0.3 is 28.6 Å². The van der Waals surface area contributed by atoms with Gasteiger partial charge in [0.15, 0.2) is 6.10 Å². The summed E-state index contributed by atoms with van der Waals surface area (Å²) >= 11 is 0. The van der Waals surface area contributed by atoms with Crippen LogP contribution in [-0.4, -0.2) is 75.5 Å². The molecule has 0 aromatic heterocycles. The van der Waals surface area contributed by atoms with E-state index in [1.54, 1.807) is 27.2 Å². The van der Waals surface area contributed by atoms with E-state index in [2.05, 4.69) is 86.8 Å². The van der Waals surface area contributed by atoms with Crippen molar-refractivity contribution >= 4 is 17.9 Å². The lowest BCUT2D eigenvalue weighted by atomic mass is 10.1. The van der Waals surface area contributed by atoms with Gasteiger partial charge in [0.25, 0.3) is 0 Å². The normalized spacial score (nSPS) is 13.9. The number of allylic oxidation sites excluding steroid dienone is 13. The zero-order valence-corrected chi connectivity index (χ0v) is 33.9. The summed E-state index contributed by atoms with van der Waals surface area (Å²) in [6.45, 7) is 4.35. The van der Waals surface area contributed by atoms with Crippen molar-refractivity contribution in [2.45, 2.75) is 142 Å². The second-order valence-corrected chi connectivity index (χ2v) is 14.1. The number of aliphatic carboxylic acids is 1. The van der Waals surface area contributed by atoms with E-state index in [4.69, 9.17) is 14.2 Å². The molecule has 0 heterocycles. The number of hydrogen-bond acceptors (Lipinski definition) is 7. The molecule has 0 aliphatic carbocycles. The average molecular weight is 740 g/mol. The third-order valence-corrected chi connectivity index (χ3v) is 8.30. The Morgan fingerprint density at radius 3 is 1.66 bits per heavy atom. The summed E-state index contributed by atoms with van der Waals surface area (Å²) in [4.78, 5) is 36.7. The van der Waals surface area contributed by atoms with Gasteiger partial charge in [0, 0.05) is 12.8 Å². The Kier molecular flexibility index (Phi) is 33.2. The quantitative estimate of drug-likeness (QED) is 0.0281. The molecule has 0 rings (SSSR count). The van der Waals surface area contributed by atoms with E-state index in [0.717, 1.165) is 70.6 Å². The number of carbonyl (C=O) groups excluding carboxylic acids is 3. The van der Waals surface area contributed by atoms with Gasteiger partial charge in [0.05, 0.1) is 46.7 Å². The molecule has 8 nitrogen and oxygen atoms in total. The monoisotopic (exact) mass is 740 g/mol. The molecule has 0 radical (unpaired) electrons. The van der Waals surface area contributed by atoms with E-state index in [9.17, 15) is 19.5 Å². The fraction of sp³-hybridized carbons (Fsp3) is 0.622. The van der Waals surface area contributed by atoms with Crippen LogP contribution >= 0.6 is 0 Å². The molecule has 2 atom stereocenters. The van der Waals surface area contributed by atoms with Gasteiger partial charge in [-0.05, 0) is 64.2 Å². The van der Waals surface area contributed by atoms with Crippen LogP contribution in [0.2, 0.25) is 0 Å². The van der Waals surface area contributed by atoms with Crippen molar-refractivity contribution in [3.8, 4) is 0 Å². The first-order valence-electron chi connectivity index (χ1n) is 20.1. The van der Waals surface area contributed by atoms with Gasteiger partial charge in [-0.15, -0.1) is 0 Å². The molecule has 0 aliphatic heterocycles. The Bertz CT molecular complexity index is 1140. The van der Waals surface area contributed by atoms with Crippen LogP contribution in [0.3, 0.4) is 0 Å². The molecule has 53 heavy (non-hydrogen) atoms. The maximum absolute atomic E-state index is 12.6. The summed E-state index contributed by atoms with van der Waals surface area (Å²) in [6, 6.07) is -0.747. The number of unbranched alkanes of at least 4 members (excludes halogenated alkanes) is 7. The molecule has 0 saturated carbocycles. The Balaban J connectivity index is 4.58. The Hall–Kier alpha value is -3.49. The number of carbonyl (C=O) groups is 3. The number of likely N-dealkylation sites (N-methyl/N-ethyl adjacent to an activating group) is 1. The maximum Gasteiger partial charge on any atom is 0.310 e. The van der Waals surface area contributed by atoms with Gasteiger partial charge in [-0.1, -0.05) is 131 Å². The first-order chi connectivity index (χ1) is 25.6. The van der Waals surface area contributed by atoms with Gasteiger partial charge in [0.2, 0.25) is 0 Å². The van der Waals surface area contributed by atoms with E-state index >= 15 is 0 Å². The molecular formula is C45H73NO7. The van der Waals surface area contributed by atoms with Crippen molar-refractivity contribution in [1.29, 1.82) is 0 Å². The average Bonchev–Trinajstić information content (AvgIpc) is 3.11. The highest BCUT2D eigenvalue weighted by Crippen LogP contribution is 2.11. The van der Waals surface area contributed by atoms with Crippen LogP contribution in [0, 0.1) is 0 Å². The second kappa shape index (κ2) is 35.5. The molecule has 8 heteroatoms. The minimum absolute atomic E-state index is 0.00874. The first-order valence-corrected chi connectivity index (χ1v) is 20.1. The molecule has 0 aliphatic rings. The lowest BCUT2D eigenvalue weighted by Gasteiger charge is -2.34. The van der Waals surface area contributed by atoms with Crippen molar-refractivity contribution in [1.82, 2.24) is 0 Å². The van der Waals surface area contributed by atoms with Crippen LogP contribution in [0.4, 0.5) is 0 Å². The highest BCUT2D eigenvalue weighted by atomic mass is 16.6. The van der Waals surface area contributed by atoms with Crippen molar-refractivity contribution < 1.29 is 38.2 Å². The third-order valence-electron chi connectivity index (χ3n) is 8.30. The highest BCUT2D eigenvalue weighted by Gasteiger charge is 2.25. The summed E-state index contributed by atoms with van der Waals surface area (Å²) in [5.74, 6) is -1.93. The molecular weight excluding hydrogens is 666 g/mol. The molecule has 0 N–H and O–H groups in total. The molecule has 0 bridgehead atoms. The third kappa shape index (κ3) is 34.1. The van der Waals surface area contributed by atoms with E-state index in [-0.39, 0.29) is 43.1 Å². The minimum atomic E-state index is -1.15. The Morgan fingerprint density at radius 1 is 0.604 bits per heavy atom. The number of rotatable bonds is 34.